The molecule has 0 aliphatic carbocycles. The molecule has 1 fully saturated rings. The third kappa shape index (κ3) is 2.35. The lowest BCUT2D eigenvalue weighted by molar-refractivity contribution is 0.0903. The third-order valence-corrected chi connectivity index (χ3v) is 6.77. The van der Waals surface area contributed by atoms with Gasteiger partial charge in [-0.1, -0.05) is 17.7 Å². The third-order valence-electron chi connectivity index (χ3n) is 4.90. The second kappa shape index (κ2) is 5.07. The van der Waals surface area contributed by atoms with Crippen molar-refractivity contribution in [2.75, 3.05) is 0 Å². The zero-order chi connectivity index (χ0) is 18.0. The molecule has 2 aliphatic heterocycles. The van der Waals surface area contributed by atoms with Crippen LogP contribution in [0.1, 0.15) is 36.6 Å². The summed E-state index contributed by atoms with van der Waals surface area (Å²) in [5.41, 5.74) is 1.64. The van der Waals surface area contributed by atoms with E-state index in [1.807, 2.05) is 20.8 Å². The molecule has 6 heteroatoms. The van der Waals surface area contributed by atoms with Crippen molar-refractivity contribution in [1.29, 1.82) is 5.26 Å². The van der Waals surface area contributed by atoms with Crippen LogP contribution in [0.15, 0.2) is 47.4 Å². The van der Waals surface area contributed by atoms with Crippen LogP contribution in [-0.2, 0) is 10.0 Å². The van der Waals surface area contributed by atoms with Crippen molar-refractivity contribution in [3.8, 4) is 11.8 Å². The largest absolute Gasteiger partial charge is 0.486 e. The number of benzene rings is 2. The Hall–Kier alpha value is -2.36. The van der Waals surface area contributed by atoms with Gasteiger partial charge < -0.3 is 4.74 Å². The van der Waals surface area contributed by atoms with E-state index in [0.717, 1.165) is 11.1 Å². The van der Waals surface area contributed by atoms with E-state index < -0.39 is 15.6 Å². The molecule has 3 atom stereocenters. The van der Waals surface area contributed by atoms with Crippen LogP contribution < -0.4 is 4.74 Å². The van der Waals surface area contributed by atoms with Gasteiger partial charge in [-0.3, -0.25) is 0 Å². The maximum absolute atomic E-state index is 13.1. The predicted molar refractivity (Wildman–Crippen MR) is 92.6 cm³/mol. The molecule has 0 radical (unpaired) electrons. The minimum Gasteiger partial charge on any atom is -0.486 e. The van der Waals surface area contributed by atoms with Gasteiger partial charge in [-0.2, -0.15) is 9.57 Å². The van der Waals surface area contributed by atoms with Crippen molar-refractivity contribution >= 4 is 10.0 Å². The SMILES string of the molecule is Cc1ccc(S(=O)(=O)N2[C@@H]3c4cc(C#N)ccc4OC(C)(C)[C@@H]32)cc1. The summed E-state index contributed by atoms with van der Waals surface area (Å²) in [5.74, 6) is 0.645. The van der Waals surface area contributed by atoms with E-state index in [-0.39, 0.29) is 17.0 Å². The molecule has 2 aliphatic rings. The van der Waals surface area contributed by atoms with Crippen molar-refractivity contribution < 1.29 is 13.2 Å². The number of rotatable bonds is 2. The van der Waals surface area contributed by atoms with Gasteiger partial charge in [0, 0.05) is 5.56 Å². The van der Waals surface area contributed by atoms with E-state index in [0.29, 0.717) is 11.3 Å². The molecule has 128 valence electrons. The highest BCUT2D eigenvalue weighted by Crippen LogP contribution is 2.58. The fourth-order valence-electron chi connectivity index (χ4n) is 3.62. The van der Waals surface area contributed by atoms with E-state index in [2.05, 4.69) is 6.07 Å². The molecule has 0 aromatic heterocycles. The summed E-state index contributed by atoms with van der Waals surface area (Å²) >= 11 is 0. The van der Waals surface area contributed by atoms with Crippen molar-refractivity contribution in [3.05, 3.63) is 59.2 Å². The second-order valence-electron chi connectivity index (χ2n) is 7.11. The number of hydrogen-bond acceptors (Lipinski definition) is 4. The quantitative estimate of drug-likeness (QED) is 0.777. The standard InChI is InChI=1S/C19H18N2O3S/c1-12-4-7-14(8-5-12)25(22,23)21-17-15-10-13(11-20)6-9-16(15)24-19(2,3)18(17)21/h4-10,17-18H,1-3H3/t17-,18-,21?/m1/s1. The Morgan fingerprint density at radius 1 is 1.16 bits per heavy atom. The van der Waals surface area contributed by atoms with E-state index in [4.69, 9.17) is 10.00 Å². The normalized spacial score (nSPS) is 25.9. The first kappa shape index (κ1) is 16.1. The van der Waals surface area contributed by atoms with Crippen LogP contribution in [0.4, 0.5) is 0 Å². The van der Waals surface area contributed by atoms with Gasteiger partial charge in [0.15, 0.2) is 0 Å². The number of nitriles is 1. The van der Waals surface area contributed by atoms with E-state index in [1.165, 1.54) is 4.31 Å². The fraction of sp³-hybridized carbons (Fsp3) is 0.316. The van der Waals surface area contributed by atoms with Crippen molar-refractivity contribution in [3.63, 3.8) is 0 Å². The highest BCUT2D eigenvalue weighted by molar-refractivity contribution is 7.89. The summed E-state index contributed by atoms with van der Waals surface area (Å²) in [6.07, 6.45) is 0. The van der Waals surface area contributed by atoms with Crippen LogP contribution in [-0.4, -0.2) is 24.4 Å². The number of nitrogens with zero attached hydrogens (tertiary/aromatic N) is 2. The number of sulfonamides is 1. The van der Waals surface area contributed by atoms with Crippen LogP contribution in [0.25, 0.3) is 0 Å². The molecule has 2 aromatic carbocycles. The zero-order valence-electron chi connectivity index (χ0n) is 14.2. The summed E-state index contributed by atoms with van der Waals surface area (Å²) in [7, 11) is -3.63. The smallest absolute Gasteiger partial charge is 0.244 e. The first-order valence-corrected chi connectivity index (χ1v) is 9.53. The highest BCUT2D eigenvalue weighted by Gasteiger charge is 2.66. The van der Waals surface area contributed by atoms with Crippen LogP contribution >= 0.6 is 0 Å². The average molecular weight is 354 g/mol. The Bertz CT molecular complexity index is 1000. The number of fused-ring (bicyclic) bond motifs is 3. The van der Waals surface area contributed by atoms with E-state index >= 15 is 0 Å². The average Bonchev–Trinajstić information content (AvgIpc) is 3.33. The lowest BCUT2D eigenvalue weighted by Gasteiger charge is -2.30. The van der Waals surface area contributed by atoms with Gasteiger partial charge in [0.25, 0.3) is 0 Å². The Kier molecular flexibility index (Phi) is 3.27. The van der Waals surface area contributed by atoms with Crippen molar-refractivity contribution in [2.45, 2.75) is 43.4 Å². The molecular weight excluding hydrogens is 336 g/mol. The van der Waals surface area contributed by atoms with E-state index in [1.54, 1.807) is 42.5 Å². The summed E-state index contributed by atoms with van der Waals surface area (Å²) in [4.78, 5) is 0.279. The highest BCUT2D eigenvalue weighted by atomic mass is 32.2. The lowest BCUT2D eigenvalue weighted by atomic mass is 9.93. The second-order valence-corrected chi connectivity index (χ2v) is 8.95. The van der Waals surface area contributed by atoms with Gasteiger partial charge in [-0.15, -0.1) is 0 Å². The van der Waals surface area contributed by atoms with E-state index in [9.17, 15) is 8.42 Å². The molecule has 0 spiro atoms. The molecular formula is C19H18N2O3S. The van der Waals surface area contributed by atoms with Gasteiger partial charge in [-0.25, -0.2) is 8.42 Å². The Balaban J connectivity index is 1.81. The molecule has 2 aromatic rings. The minimum absolute atomic E-state index is 0.278. The van der Waals surface area contributed by atoms with Crippen LogP contribution in [0, 0.1) is 18.3 Å². The molecule has 25 heavy (non-hydrogen) atoms. The fourth-order valence-corrected chi connectivity index (χ4v) is 5.49. The molecule has 2 heterocycles. The molecule has 1 unspecified atom stereocenters. The first-order valence-electron chi connectivity index (χ1n) is 8.09. The topological polar surface area (TPSA) is 70.2 Å². The number of ether oxygens (including phenoxy) is 1. The minimum atomic E-state index is -3.63. The summed E-state index contributed by atoms with van der Waals surface area (Å²) < 4.78 is 33.8. The Morgan fingerprint density at radius 2 is 1.84 bits per heavy atom. The van der Waals surface area contributed by atoms with Gasteiger partial charge >= 0.3 is 0 Å². The summed E-state index contributed by atoms with van der Waals surface area (Å²) in [5, 5.41) is 9.15. The molecule has 0 amide bonds. The predicted octanol–water partition coefficient (Wildman–Crippen LogP) is 3.15. The zero-order valence-corrected chi connectivity index (χ0v) is 15.0. The van der Waals surface area contributed by atoms with Gasteiger partial charge in [0.2, 0.25) is 10.0 Å². The van der Waals surface area contributed by atoms with Gasteiger partial charge in [0.1, 0.15) is 11.4 Å². The maximum Gasteiger partial charge on any atom is 0.244 e. The Morgan fingerprint density at radius 3 is 2.48 bits per heavy atom. The monoisotopic (exact) mass is 354 g/mol. The van der Waals surface area contributed by atoms with Crippen LogP contribution in [0.2, 0.25) is 0 Å². The van der Waals surface area contributed by atoms with Crippen molar-refractivity contribution in [2.24, 2.45) is 0 Å². The van der Waals surface area contributed by atoms with Crippen molar-refractivity contribution in [1.82, 2.24) is 4.31 Å². The van der Waals surface area contributed by atoms with Gasteiger partial charge in [0.05, 0.1) is 28.6 Å². The molecule has 0 N–H and O–H groups in total. The van der Waals surface area contributed by atoms with Gasteiger partial charge in [-0.05, 0) is 51.1 Å². The maximum atomic E-state index is 13.1. The molecule has 1 saturated heterocycles. The molecule has 0 saturated carbocycles. The number of hydrogen-bond donors (Lipinski definition) is 0. The number of aryl methyl sites for hydroxylation is 1. The molecule has 4 rings (SSSR count). The summed E-state index contributed by atoms with van der Waals surface area (Å²) in [6, 6.07) is 13.6. The lowest BCUT2D eigenvalue weighted by Crippen LogP contribution is -2.39. The molecule has 5 nitrogen and oxygen atoms in total. The van der Waals surface area contributed by atoms with Crippen LogP contribution in [0.5, 0.6) is 5.75 Å². The first-order chi connectivity index (χ1) is 11.8. The summed E-state index contributed by atoms with van der Waals surface area (Å²) in [6.45, 7) is 5.72. The van der Waals surface area contributed by atoms with Crippen LogP contribution in [0.3, 0.4) is 0 Å². The molecule has 0 bridgehead atoms. The Labute approximate surface area is 147 Å².